The fourth-order valence-electron chi connectivity index (χ4n) is 4.66. The first-order chi connectivity index (χ1) is 12.2. The summed E-state index contributed by atoms with van der Waals surface area (Å²) in [5, 5.41) is 0. The molecular weight excluding hydrogens is 315 g/mol. The Kier molecular flexibility index (Phi) is 6.28. The second kappa shape index (κ2) is 8.64. The molecule has 2 fully saturated rings. The van der Waals surface area contributed by atoms with Crippen LogP contribution in [0.2, 0.25) is 0 Å². The van der Waals surface area contributed by atoms with Crippen LogP contribution in [0, 0.1) is 29.5 Å². The standard InChI is InChI=1S/C22H29FO2/c1-2-3-16-4-6-17(7-5-16)18-8-10-19(11-9-18)22(24)25-21-14-12-20(23)13-15-21/h2,12-19H,1,3-11H2/t16-,17-,18?,19?. The molecule has 2 nitrogen and oxygen atoms in total. The van der Waals surface area contributed by atoms with E-state index in [9.17, 15) is 9.18 Å². The Balaban J connectivity index is 1.43. The zero-order valence-electron chi connectivity index (χ0n) is 15.0. The number of benzene rings is 1. The van der Waals surface area contributed by atoms with Crippen LogP contribution >= 0.6 is 0 Å². The monoisotopic (exact) mass is 344 g/mol. The van der Waals surface area contributed by atoms with E-state index in [4.69, 9.17) is 4.74 Å². The topological polar surface area (TPSA) is 26.3 Å². The second-order valence-corrected chi connectivity index (χ2v) is 7.79. The lowest BCUT2D eigenvalue weighted by Gasteiger charge is -2.37. The molecule has 2 aliphatic rings. The number of ether oxygens (including phenoxy) is 1. The average Bonchev–Trinajstić information content (AvgIpc) is 2.65. The molecule has 0 heterocycles. The predicted molar refractivity (Wildman–Crippen MR) is 97.7 cm³/mol. The van der Waals surface area contributed by atoms with Gasteiger partial charge in [0.25, 0.3) is 0 Å². The lowest BCUT2D eigenvalue weighted by atomic mass is 9.69. The zero-order valence-corrected chi connectivity index (χ0v) is 15.0. The van der Waals surface area contributed by atoms with Crippen molar-refractivity contribution < 1.29 is 13.9 Å². The SMILES string of the molecule is C=CC[C@H]1CC[C@H](C2CCC(C(=O)Oc3ccc(F)cc3)CC2)CC1. The van der Waals surface area contributed by atoms with Gasteiger partial charge in [-0.3, -0.25) is 4.79 Å². The van der Waals surface area contributed by atoms with E-state index in [-0.39, 0.29) is 17.7 Å². The van der Waals surface area contributed by atoms with Gasteiger partial charge in [-0.05, 0) is 99.8 Å². The van der Waals surface area contributed by atoms with E-state index in [0.717, 1.165) is 49.9 Å². The summed E-state index contributed by atoms with van der Waals surface area (Å²) in [6.07, 6.45) is 12.7. The molecule has 25 heavy (non-hydrogen) atoms. The lowest BCUT2D eigenvalue weighted by Crippen LogP contribution is -2.30. The van der Waals surface area contributed by atoms with Gasteiger partial charge >= 0.3 is 5.97 Å². The van der Waals surface area contributed by atoms with Crippen molar-refractivity contribution in [2.75, 3.05) is 0 Å². The second-order valence-electron chi connectivity index (χ2n) is 7.79. The molecule has 0 amide bonds. The maximum atomic E-state index is 12.9. The maximum Gasteiger partial charge on any atom is 0.314 e. The first kappa shape index (κ1) is 18.2. The largest absolute Gasteiger partial charge is 0.426 e. The fourth-order valence-corrected chi connectivity index (χ4v) is 4.66. The summed E-state index contributed by atoms with van der Waals surface area (Å²) in [4.78, 5) is 12.3. The normalized spacial score (nSPS) is 29.8. The molecular formula is C22H29FO2. The van der Waals surface area contributed by atoms with Crippen molar-refractivity contribution in [1.82, 2.24) is 0 Å². The van der Waals surface area contributed by atoms with E-state index in [0.29, 0.717) is 5.75 Å². The van der Waals surface area contributed by atoms with E-state index in [1.165, 1.54) is 49.9 Å². The third kappa shape index (κ3) is 4.93. The summed E-state index contributed by atoms with van der Waals surface area (Å²) < 4.78 is 18.3. The lowest BCUT2D eigenvalue weighted by molar-refractivity contribution is -0.140. The predicted octanol–water partition coefficient (Wildman–Crippen LogP) is 5.92. The number of carbonyl (C=O) groups is 1. The Hall–Kier alpha value is -1.64. The molecule has 3 rings (SSSR count). The van der Waals surface area contributed by atoms with Crippen LogP contribution in [0.5, 0.6) is 5.75 Å². The summed E-state index contributed by atoms with van der Waals surface area (Å²) in [6, 6.07) is 5.67. The highest BCUT2D eigenvalue weighted by Gasteiger charge is 2.33. The molecule has 1 aromatic rings. The van der Waals surface area contributed by atoms with Gasteiger partial charge in [-0.2, -0.15) is 0 Å². The number of hydrogen-bond donors (Lipinski definition) is 0. The first-order valence-corrected chi connectivity index (χ1v) is 9.74. The van der Waals surface area contributed by atoms with Gasteiger partial charge in [-0.15, -0.1) is 6.58 Å². The minimum absolute atomic E-state index is 0.00147. The number of carbonyl (C=O) groups excluding carboxylic acids is 1. The number of rotatable bonds is 5. The zero-order chi connectivity index (χ0) is 17.6. The van der Waals surface area contributed by atoms with Gasteiger partial charge in [0.2, 0.25) is 0 Å². The van der Waals surface area contributed by atoms with Gasteiger partial charge in [0.15, 0.2) is 0 Å². The van der Waals surface area contributed by atoms with Crippen LogP contribution in [0.3, 0.4) is 0 Å². The van der Waals surface area contributed by atoms with Crippen molar-refractivity contribution in [3.05, 3.63) is 42.7 Å². The van der Waals surface area contributed by atoms with Gasteiger partial charge in [-0.1, -0.05) is 6.08 Å². The highest BCUT2D eigenvalue weighted by molar-refractivity contribution is 5.75. The minimum Gasteiger partial charge on any atom is -0.426 e. The van der Waals surface area contributed by atoms with Crippen LogP contribution in [0.4, 0.5) is 4.39 Å². The van der Waals surface area contributed by atoms with Gasteiger partial charge < -0.3 is 4.74 Å². The number of hydrogen-bond acceptors (Lipinski definition) is 2. The first-order valence-electron chi connectivity index (χ1n) is 9.74. The van der Waals surface area contributed by atoms with Crippen molar-refractivity contribution in [2.45, 2.75) is 57.8 Å². The van der Waals surface area contributed by atoms with Crippen molar-refractivity contribution in [1.29, 1.82) is 0 Å². The van der Waals surface area contributed by atoms with Crippen molar-refractivity contribution in [2.24, 2.45) is 23.7 Å². The minimum atomic E-state index is -0.317. The average molecular weight is 344 g/mol. The molecule has 2 saturated carbocycles. The Morgan fingerprint density at radius 1 is 1.00 bits per heavy atom. The van der Waals surface area contributed by atoms with Crippen LogP contribution in [0.15, 0.2) is 36.9 Å². The molecule has 0 aromatic heterocycles. The van der Waals surface area contributed by atoms with Crippen molar-refractivity contribution >= 4 is 5.97 Å². The van der Waals surface area contributed by atoms with E-state index in [2.05, 4.69) is 12.7 Å². The smallest absolute Gasteiger partial charge is 0.314 e. The molecule has 0 saturated heterocycles. The Morgan fingerprint density at radius 3 is 2.12 bits per heavy atom. The number of allylic oxidation sites excluding steroid dienone is 1. The van der Waals surface area contributed by atoms with Crippen LogP contribution < -0.4 is 4.74 Å². The Bertz CT molecular complexity index is 564. The molecule has 0 bridgehead atoms. The molecule has 0 atom stereocenters. The summed E-state index contributed by atoms with van der Waals surface area (Å²) in [5.41, 5.74) is 0. The van der Waals surface area contributed by atoms with Crippen LogP contribution in [0.25, 0.3) is 0 Å². The molecule has 3 heteroatoms. The molecule has 0 radical (unpaired) electrons. The fraction of sp³-hybridized carbons (Fsp3) is 0.591. The molecule has 136 valence electrons. The number of halogens is 1. The summed E-state index contributed by atoms with van der Waals surface area (Å²) in [7, 11) is 0. The van der Waals surface area contributed by atoms with Gasteiger partial charge in [0.1, 0.15) is 11.6 Å². The molecule has 0 spiro atoms. The third-order valence-corrected chi connectivity index (χ3v) is 6.20. The molecule has 0 unspecified atom stereocenters. The van der Waals surface area contributed by atoms with E-state index < -0.39 is 0 Å². The highest BCUT2D eigenvalue weighted by Crippen LogP contribution is 2.42. The van der Waals surface area contributed by atoms with Crippen LogP contribution in [-0.4, -0.2) is 5.97 Å². The molecule has 2 aliphatic carbocycles. The summed E-state index contributed by atoms with van der Waals surface area (Å²) in [6.45, 7) is 3.86. The van der Waals surface area contributed by atoms with Gasteiger partial charge in [-0.25, -0.2) is 4.39 Å². The summed E-state index contributed by atoms with van der Waals surface area (Å²) in [5.74, 6) is 2.43. The molecule has 0 aliphatic heterocycles. The highest BCUT2D eigenvalue weighted by atomic mass is 19.1. The van der Waals surface area contributed by atoms with E-state index >= 15 is 0 Å². The summed E-state index contributed by atoms with van der Waals surface area (Å²) >= 11 is 0. The number of esters is 1. The van der Waals surface area contributed by atoms with Crippen LogP contribution in [-0.2, 0) is 4.79 Å². The quantitative estimate of drug-likeness (QED) is 0.376. The van der Waals surface area contributed by atoms with E-state index in [1.807, 2.05) is 0 Å². The molecule has 1 aromatic carbocycles. The van der Waals surface area contributed by atoms with E-state index in [1.54, 1.807) is 0 Å². The third-order valence-electron chi connectivity index (χ3n) is 6.20. The van der Waals surface area contributed by atoms with Crippen molar-refractivity contribution in [3.63, 3.8) is 0 Å². The van der Waals surface area contributed by atoms with Crippen LogP contribution in [0.1, 0.15) is 57.8 Å². The Morgan fingerprint density at radius 2 is 1.56 bits per heavy atom. The van der Waals surface area contributed by atoms with Gasteiger partial charge in [0, 0.05) is 0 Å². The maximum absolute atomic E-state index is 12.9. The Labute approximate surface area is 150 Å². The van der Waals surface area contributed by atoms with Gasteiger partial charge in [0.05, 0.1) is 5.92 Å². The molecule has 0 N–H and O–H groups in total. The van der Waals surface area contributed by atoms with Crippen molar-refractivity contribution in [3.8, 4) is 5.75 Å².